The van der Waals surface area contributed by atoms with Crippen molar-refractivity contribution in [1.29, 1.82) is 0 Å². The number of amides is 1. The van der Waals surface area contributed by atoms with Crippen LogP contribution in [-0.4, -0.2) is 48.7 Å². The van der Waals surface area contributed by atoms with Crippen molar-refractivity contribution in [3.05, 3.63) is 0 Å². The third-order valence-electron chi connectivity index (χ3n) is 3.40. The van der Waals surface area contributed by atoms with E-state index in [0.29, 0.717) is 6.54 Å². The van der Waals surface area contributed by atoms with Gasteiger partial charge in [-0.15, -0.1) is 0 Å². The first-order valence-corrected chi connectivity index (χ1v) is 6.90. The van der Waals surface area contributed by atoms with Crippen LogP contribution in [0.3, 0.4) is 0 Å². The molecule has 0 aromatic rings. The van der Waals surface area contributed by atoms with Crippen LogP contribution >= 0.6 is 0 Å². The number of piperidine rings is 1. The van der Waals surface area contributed by atoms with Gasteiger partial charge in [0.25, 0.3) is 0 Å². The lowest BCUT2D eigenvalue weighted by Gasteiger charge is -2.29. The topological polar surface area (TPSA) is 52.6 Å². The number of carbonyl (C=O) groups excluding carboxylic acids is 1. The highest BCUT2D eigenvalue weighted by atomic mass is 16.3. The lowest BCUT2D eigenvalue weighted by atomic mass is 9.96. The first kappa shape index (κ1) is 14.5. The zero-order valence-electron chi connectivity index (χ0n) is 11.0. The molecule has 0 aliphatic carbocycles. The molecule has 1 heterocycles. The smallest absolute Gasteiger partial charge is 0.225 e. The maximum atomic E-state index is 12.3. The Balaban J connectivity index is 2.40. The number of unbranched alkanes of at least 4 members (excludes halogenated alkanes) is 2. The predicted molar refractivity (Wildman–Crippen MR) is 68.8 cm³/mol. The van der Waals surface area contributed by atoms with Crippen molar-refractivity contribution in [1.82, 2.24) is 10.2 Å². The standard InChI is InChI=1S/C13H26N2O2/c1-2-3-4-9-15(10-11-16)13(17)12-5-7-14-8-6-12/h12,14,16H,2-11H2,1H3. The highest BCUT2D eigenvalue weighted by Gasteiger charge is 2.25. The number of rotatable bonds is 7. The van der Waals surface area contributed by atoms with Crippen molar-refractivity contribution in [2.24, 2.45) is 5.92 Å². The van der Waals surface area contributed by atoms with E-state index in [1.165, 1.54) is 0 Å². The fourth-order valence-electron chi connectivity index (χ4n) is 2.33. The molecule has 4 nitrogen and oxygen atoms in total. The maximum Gasteiger partial charge on any atom is 0.225 e. The Morgan fingerprint density at radius 1 is 1.29 bits per heavy atom. The fraction of sp³-hybridized carbons (Fsp3) is 0.923. The van der Waals surface area contributed by atoms with Crippen LogP contribution in [0.1, 0.15) is 39.0 Å². The van der Waals surface area contributed by atoms with E-state index in [-0.39, 0.29) is 18.4 Å². The van der Waals surface area contributed by atoms with E-state index in [4.69, 9.17) is 5.11 Å². The minimum Gasteiger partial charge on any atom is -0.395 e. The molecule has 1 aliphatic rings. The van der Waals surface area contributed by atoms with E-state index in [0.717, 1.165) is 51.7 Å². The minimum absolute atomic E-state index is 0.0723. The highest BCUT2D eigenvalue weighted by molar-refractivity contribution is 5.79. The Morgan fingerprint density at radius 3 is 2.59 bits per heavy atom. The average molecular weight is 242 g/mol. The third kappa shape index (κ3) is 5.04. The van der Waals surface area contributed by atoms with Gasteiger partial charge in [-0.3, -0.25) is 4.79 Å². The summed E-state index contributed by atoms with van der Waals surface area (Å²) in [6, 6.07) is 0. The molecule has 0 saturated carbocycles. The molecule has 0 atom stereocenters. The number of nitrogens with one attached hydrogen (secondary N) is 1. The van der Waals surface area contributed by atoms with Gasteiger partial charge >= 0.3 is 0 Å². The summed E-state index contributed by atoms with van der Waals surface area (Å²) in [6.07, 6.45) is 5.24. The van der Waals surface area contributed by atoms with Crippen molar-refractivity contribution >= 4 is 5.91 Å². The lowest BCUT2D eigenvalue weighted by molar-refractivity contribution is -0.137. The number of hydrogen-bond donors (Lipinski definition) is 2. The van der Waals surface area contributed by atoms with Crippen LogP contribution in [0, 0.1) is 5.92 Å². The Hall–Kier alpha value is -0.610. The van der Waals surface area contributed by atoms with E-state index >= 15 is 0 Å². The van der Waals surface area contributed by atoms with E-state index in [2.05, 4.69) is 12.2 Å². The molecule has 4 heteroatoms. The zero-order chi connectivity index (χ0) is 12.5. The fourth-order valence-corrected chi connectivity index (χ4v) is 2.33. The summed E-state index contributed by atoms with van der Waals surface area (Å²) in [5, 5.41) is 12.3. The highest BCUT2D eigenvalue weighted by Crippen LogP contribution is 2.15. The quantitative estimate of drug-likeness (QED) is 0.655. The predicted octanol–water partition coefficient (Wildman–Crippen LogP) is 0.997. The van der Waals surface area contributed by atoms with Crippen molar-refractivity contribution in [2.75, 3.05) is 32.8 Å². The molecular weight excluding hydrogens is 216 g/mol. The van der Waals surface area contributed by atoms with Crippen molar-refractivity contribution in [3.63, 3.8) is 0 Å². The van der Waals surface area contributed by atoms with E-state index in [1.54, 1.807) is 0 Å². The van der Waals surface area contributed by atoms with Crippen LogP contribution in [-0.2, 0) is 4.79 Å². The minimum atomic E-state index is 0.0723. The molecular formula is C13H26N2O2. The summed E-state index contributed by atoms with van der Waals surface area (Å²) < 4.78 is 0. The molecule has 17 heavy (non-hydrogen) atoms. The second-order valence-corrected chi connectivity index (χ2v) is 4.78. The molecule has 100 valence electrons. The van der Waals surface area contributed by atoms with Crippen molar-refractivity contribution < 1.29 is 9.90 Å². The van der Waals surface area contributed by atoms with Crippen LogP contribution in [0.5, 0.6) is 0 Å². The van der Waals surface area contributed by atoms with Crippen molar-refractivity contribution in [2.45, 2.75) is 39.0 Å². The van der Waals surface area contributed by atoms with Gasteiger partial charge in [-0.1, -0.05) is 19.8 Å². The van der Waals surface area contributed by atoms with Gasteiger partial charge in [-0.2, -0.15) is 0 Å². The lowest BCUT2D eigenvalue weighted by Crippen LogP contribution is -2.42. The summed E-state index contributed by atoms with van der Waals surface area (Å²) in [7, 11) is 0. The van der Waals surface area contributed by atoms with Crippen molar-refractivity contribution in [3.8, 4) is 0 Å². The Kier molecular flexibility index (Phi) is 7.21. The maximum absolute atomic E-state index is 12.3. The molecule has 0 unspecified atom stereocenters. The molecule has 1 rings (SSSR count). The van der Waals surface area contributed by atoms with Gasteiger partial charge in [0.2, 0.25) is 5.91 Å². The number of aliphatic hydroxyl groups excluding tert-OH is 1. The number of aliphatic hydroxyl groups is 1. The van der Waals surface area contributed by atoms with E-state index in [1.807, 2.05) is 4.90 Å². The zero-order valence-corrected chi connectivity index (χ0v) is 11.0. The monoisotopic (exact) mass is 242 g/mol. The molecule has 1 fully saturated rings. The van der Waals surface area contributed by atoms with Gasteiger partial charge in [-0.05, 0) is 32.4 Å². The second-order valence-electron chi connectivity index (χ2n) is 4.78. The summed E-state index contributed by atoms with van der Waals surface area (Å²) in [5.41, 5.74) is 0. The summed E-state index contributed by atoms with van der Waals surface area (Å²) in [6.45, 7) is 5.41. The van der Waals surface area contributed by atoms with Crippen LogP contribution in [0.4, 0.5) is 0 Å². The molecule has 1 aliphatic heterocycles. The molecule has 0 bridgehead atoms. The second kappa shape index (κ2) is 8.48. The first-order chi connectivity index (χ1) is 8.29. The Morgan fingerprint density at radius 2 is 2.00 bits per heavy atom. The first-order valence-electron chi connectivity index (χ1n) is 6.90. The number of nitrogens with zero attached hydrogens (tertiary/aromatic N) is 1. The van der Waals surface area contributed by atoms with Crippen LogP contribution in [0.25, 0.3) is 0 Å². The van der Waals surface area contributed by atoms with Gasteiger partial charge in [0.15, 0.2) is 0 Å². The molecule has 2 N–H and O–H groups in total. The van der Waals surface area contributed by atoms with Crippen LogP contribution in [0.2, 0.25) is 0 Å². The van der Waals surface area contributed by atoms with Gasteiger partial charge < -0.3 is 15.3 Å². The van der Waals surface area contributed by atoms with E-state index in [9.17, 15) is 4.79 Å². The summed E-state index contributed by atoms with van der Waals surface area (Å²) in [4.78, 5) is 14.1. The van der Waals surface area contributed by atoms with Crippen LogP contribution in [0.15, 0.2) is 0 Å². The van der Waals surface area contributed by atoms with Crippen LogP contribution < -0.4 is 5.32 Å². The summed E-state index contributed by atoms with van der Waals surface area (Å²) >= 11 is 0. The molecule has 1 amide bonds. The Bertz CT molecular complexity index is 215. The Labute approximate surface area is 104 Å². The largest absolute Gasteiger partial charge is 0.395 e. The molecule has 0 spiro atoms. The SMILES string of the molecule is CCCCCN(CCO)C(=O)C1CCNCC1. The summed E-state index contributed by atoms with van der Waals surface area (Å²) in [5.74, 6) is 0.418. The molecule has 0 radical (unpaired) electrons. The normalized spacial score (nSPS) is 17.1. The van der Waals surface area contributed by atoms with Gasteiger partial charge in [0.05, 0.1) is 6.61 Å². The van der Waals surface area contributed by atoms with Gasteiger partial charge in [0, 0.05) is 19.0 Å². The third-order valence-corrected chi connectivity index (χ3v) is 3.40. The van der Waals surface area contributed by atoms with Gasteiger partial charge in [0.1, 0.15) is 0 Å². The molecule has 0 aromatic heterocycles. The number of carbonyl (C=O) groups is 1. The average Bonchev–Trinajstić information content (AvgIpc) is 2.38. The molecule has 0 aromatic carbocycles. The molecule has 1 saturated heterocycles. The van der Waals surface area contributed by atoms with Gasteiger partial charge in [-0.25, -0.2) is 0 Å². The van der Waals surface area contributed by atoms with E-state index < -0.39 is 0 Å². The number of hydrogen-bond acceptors (Lipinski definition) is 3.